The molecule has 0 aromatic heterocycles. The maximum atomic E-state index is 12.4. The van der Waals surface area contributed by atoms with Crippen molar-refractivity contribution in [1.82, 2.24) is 0 Å². The van der Waals surface area contributed by atoms with E-state index in [4.69, 9.17) is 14.0 Å². The molecule has 0 unspecified atom stereocenters. The van der Waals surface area contributed by atoms with Crippen molar-refractivity contribution in [3.63, 3.8) is 0 Å². The van der Waals surface area contributed by atoms with Crippen molar-refractivity contribution in [3.05, 3.63) is 23.8 Å². The average molecular weight is 377 g/mol. The molecule has 1 fully saturated rings. The molecule has 27 heavy (non-hydrogen) atoms. The summed E-state index contributed by atoms with van der Waals surface area (Å²) in [7, 11) is 0.795. The topological polar surface area (TPSA) is 85.3 Å². The number of hydrogen-bond acceptors (Lipinski definition) is 5. The van der Waals surface area contributed by atoms with Crippen LogP contribution in [0.2, 0.25) is 0 Å². The first kappa shape index (κ1) is 21.2. The van der Waals surface area contributed by atoms with Gasteiger partial charge in [0.2, 0.25) is 0 Å². The van der Waals surface area contributed by atoms with Crippen LogP contribution < -0.4 is 10.4 Å². The quantitative estimate of drug-likeness (QED) is 0.815. The number of carbonyl (C=O) groups is 2. The zero-order valence-corrected chi connectivity index (χ0v) is 17.2. The molecule has 7 nitrogen and oxygen atoms in total. The van der Waals surface area contributed by atoms with Gasteiger partial charge in [0.05, 0.1) is 16.8 Å². The third-order valence-corrected chi connectivity index (χ3v) is 4.77. The summed E-state index contributed by atoms with van der Waals surface area (Å²) in [6, 6.07) is 4.59. The molecule has 0 bridgehead atoms. The summed E-state index contributed by atoms with van der Waals surface area (Å²) >= 11 is 0. The van der Waals surface area contributed by atoms with Crippen LogP contribution in [0.25, 0.3) is 0 Å². The molecule has 1 amide bonds. The van der Waals surface area contributed by atoms with E-state index in [1.54, 1.807) is 26.8 Å². The highest BCUT2D eigenvalue weighted by Crippen LogP contribution is 2.36. The molecule has 0 aliphatic carbocycles. The Labute approximate surface area is 160 Å². The van der Waals surface area contributed by atoms with Gasteiger partial charge in [-0.25, -0.2) is 9.59 Å². The van der Waals surface area contributed by atoms with Gasteiger partial charge in [-0.05, 0) is 72.1 Å². The number of benzene rings is 1. The average Bonchev–Trinajstić information content (AvgIpc) is 2.72. The SMILES string of the molecule is CN(C(=O)OC(C)(C)C)c1cc(B2OC(C)(C)C(C)(C)O2)cc(C(=O)O)c1. The van der Waals surface area contributed by atoms with Crippen molar-refractivity contribution in [2.75, 3.05) is 11.9 Å². The minimum Gasteiger partial charge on any atom is -0.478 e. The van der Waals surface area contributed by atoms with E-state index in [-0.39, 0.29) is 5.56 Å². The van der Waals surface area contributed by atoms with Crippen molar-refractivity contribution in [2.24, 2.45) is 0 Å². The molecule has 8 heteroatoms. The smallest absolute Gasteiger partial charge is 0.478 e. The Balaban J connectivity index is 2.41. The van der Waals surface area contributed by atoms with Crippen LogP contribution in [-0.4, -0.2) is 48.1 Å². The van der Waals surface area contributed by atoms with Crippen LogP contribution in [0, 0.1) is 0 Å². The van der Waals surface area contributed by atoms with E-state index in [0.717, 1.165) is 0 Å². The molecule has 1 saturated heterocycles. The standard InChI is InChI=1S/C19H28BNO6/c1-17(2,3)25-16(24)21(8)14-10-12(15(22)23)9-13(11-14)20-26-18(4,5)19(6,7)27-20/h9-11H,1-8H3,(H,22,23). The van der Waals surface area contributed by atoms with Gasteiger partial charge >= 0.3 is 19.2 Å². The number of anilines is 1. The molecule has 148 valence electrons. The highest BCUT2D eigenvalue weighted by Gasteiger charge is 2.51. The van der Waals surface area contributed by atoms with Crippen LogP contribution in [0.15, 0.2) is 18.2 Å². The summed E-state index contributed by atoms with van der Waals surface area (Å²) in [5, 5.41) is 9.47. The number of amides is 1. The summed E-state index contributed by atoms with van der Waals surface area (Å²) in [6.45, 7) is 13.0. The molecule has 0 saturated carbocycles. The lowest BCUT2D eigenvalue weighted by atomic mass is 9.78. The Kier molecular flexibility index (Phi) is 5.38. The van der Waals surface area contributed by atoms with Crippen LogP contribution in [0.1, 0.15) is 58.8 Å². The molecule has 2 rings (SSSR count). The highest BCUT2D eigenvalue weighted by atomic mass is 16.7. The Bertz CT molecular complexity index is 737. The molecule has 0 spiro atoms. The van der Waals surface area contributed by atoms with E-state index >= 15 is 0 Å². The molecule has 1 aliphatic heterocycles. The van der Waals surface area contributed by atoms with Crippen molar-refractivity contribution in [1.29, 1.82) is 0 Å². The van der Waals surface area contributed by atoms with Crippen LogP contribution in [0.3, 0.4) is 0 Å². The Hall–Kier alpha value is -2.06. The number of rotatable bonds is 3. The van der Waals surface area contributed by atoms with Crippen molar-refractivity contribution in [3.8, 4) is 0 Å². The first-order valence-corrected chi connectivity index (χ1v) is 8.83. The summed E-state index contributed by atoms with van der Waals surface area (Å²) in [5.74, 6) is -1.10. The second-order valence-electron chi connectivity index (χ2n) is 8.75. The molecular weight excluding hydrogens is 349 g/mol. The number of carboxylic acid groups (broad SMARTS) is 1. The lowest BCUT2D eigenvalue weighted by molar-refractivity contribution is 0.00578. The van der Waals surface area contributed by atoms with E-state index in [1.165, 1.54) is 24.1 Å². The maximum absolute atomic E-state index is 12.4. The number of hydrogen-bond donors (Lipinski definition) is 1. The molecule has 1 aliphatic rings. The Morgan fingerprint density at radius 3 is 2.04 bits per heavy atom. The molecule has 1 aromatic rings. The van der Waals surface area contributed by atoms with Crippen molar-refractivity contribution in [2.45, 2.75) is 65.3 Å². The second-order valence-corrected chi connectivity index (χ2v) is 8.75. The highest BCUT2D eigenvalue weighted by molar-refractivity contribution is 6.62. The second kappa shape index (κ2) is 6.84. The van der Waals surface area contributed by atoms with E-state index < -0.39 is 36.0 Å². The van der Waals surface area contributed by atoms with Crippen LogP contribution >= 0.6 is 0 Å². The number of carboxylic acids is 1. The minimum atomic E-state index is -1.10. The Morgan fingerprint density at radius 1 is 1.07 bits per heavy atom. The van der Waals surface area contributed by atoms with Gasteiger partial charge in [0, 0.05) is 12.7 Å². The van der Waals surface area contributed by atoms with E-state index in [9.17, 15) is 14.7 Å². The van der Waals surface area contributed by atoms with Gasteiger partial charge in [-0.1, -0.05) is 0 Å². The molecule has 0 atom stereocenters. The number of nitrogens with zero attached hydrogens (tertiary/aromatic N) is 1. The van der Waals surface area contributed by atoms with Gasteiger partial charge in [0.1, 0.15) is 5.60 Å². The minimum absolute atomic E-state index is 0.0348. The first-order valence-electron chi connectivity index (χ1n) is 8.83. The zero-order valence-electron chi connectivity index (χ0n) is 17.2. The lowest BCUT2D eigenvalue weighted by Gasteiger charge is -2.32. The molecular formula is C19H28BNO6. The molecule has 1 aromatic carbocycles. The maximum Gasteiger partial charge on any atom is 0.494 e. The van der Waals surface area contributed by atoms with Gasteiger partial charge in [0.15, 0.2) is 0 Å². The van der Waals surface area contributed by atoms with Crippen LogP contribution in [0.5, 0.6) is 0 Å². The van der Waals surface area contributed by atoms with E-state index in [2.05, 4.69) is 0 Å². The van der Waals surface area contributed by atoms with Gasteiger partial charge in [-0.2, -0.15) is 0 Å². The lowest BCUT2D eigenvalue weighted by Crippen LogP contribution is -2.41. The molecule has 1 heterocycles. The van der Waals surface area contributed by atoms with Gasteiger partial charge < -0.3 is 19.2 Å². The zero-order chi connectivity index (χ0) is 20.8. The van der Waals surface area contributed by atoms with Crippen LogP contribution in [0.4, 0.5) is 10.5 Å². The third-order valence-electron chi connectivity index (χ3n) is 4.77. The summed E-state index contributed by atoms with van der Waals surface area (Å²) in [6.07, 6.45) is -0.579. The van der Waals surface area contributed by atoms with E-state index in [1.807, 2.05) is 27.7 Å². The predicted octanol–water partition coefficient (Wildman–Crippen LogP) is 3.06. The first-order chi connectivity index (χ1) is 12.1. The van der Waals surface area contributed by atoms with Gasteiger partial charge in [-0.3, -0.25) is 4.90 Å². The van der Waals surface area contributed by atoms with Crippen molar-refractivity contribution >= 4 is 30.3 Å². The fourth-order valence-electron chi connectivity index (χ4n) is 2.50. The largest absolute Gasteiger partial charge is 0.494 e. The summed E-state index contributed by atoms with van der Waals surface area (Å²) in [5.41, 5.74) is -0.840. The van der Waals surface area contributed by atoms with Crippen molar-refractivity contribution < 1.29 is 28.7 Å². The van der Waals surface area contributed by atoms with Crippen LogP contribution in [-0.2, 0) is 14.0 Å². The van der Waals surface area contributed by atoms with E-state index in [0.29, 0.717) is 11.2 Å². The normalized spacial score (nSPS) is 18.3. The third kappa shape index (κ3) is 4.62. The number of carbonyl (C=O) groups excluding carboxylic acids is 1. The summed E-state index contributed by atoms with van der Waals surface area (Å²) in [4.78, 5) is 25.2. The number of ether oxygens (including phenoxy) is 1. The van der Waals surface area contributed by atoms with Gasteiger partial charge in [0.25, 0.3) is 0 Å². The fraction of sp³-hybridized carbons (Fsp3) is 0.579. The fourth-order valence-corrected chi connectivity index (χ4v) is 2.50. The summed E-state index contributed by atoms with van der Waals surface area (Å²) < 4.78 is 17.4. The monoisotopic (exact) mass is 377 g/mol. The van der Waals surface area contributed by atoms with Gasteiger partial charge in [-0.15, -0.1) is 0 Å². The predicted molar refractivity (Wildman–Crippen MR) is 104 cm³/mol. The Morgan fingerprint density at radius 2 is 1.59 bits per heavy atom. The number of aromatic carboxylic acids is 1. The molecule has 1 N–H and O–H groups in total. The molecule has 0 radical (unpaired) electrons.